The van der Waals surface area contributed by atoms with Crippen LogP contribution in [-0.2, 0) is 19.5 Å². The zero-order chi connectivity index (χ0) is 17.1. The maximum Gasteiger partial charge on any atom is 0.287 e. The lowest BCUT2D eigenvalue weighted by Crippen LogP contribution is -2.32. The molecule has 4 rings (SSSR count). The molecule has 3 aromatic heterocycles. The van der Waals surface area contributed by atoms with Crippen molar-refractivity contribution in [2.45, 2.75) is 19.5 Å². The third kappa shape index (κ3) is 4.59. The topological polar surface area (TPSA) is 71.3 Å². The Hall–Kier alpha value is -2.57. The second kappa shape index (κ2) is 9.39. The maximum atomic E-state index is 12.0. The molecule has 6 nitrogen and oxygen atoms in total. The SMILES string of the molecule is Cl.Cl.O=C(NCc1cncc2c1CCN(c1ccccn1)C2)c1ccco1. The van der Waals surface area contributed by atoms with Crippen molar-refractivity contribution in [3.8, 4) is 0 Å². The molecule has 1 N–H and O–H groups in total. The highest BCUT2D eigenvalue weighted by molar-refractivity contribution is 5.91. The second-order valence-electron chi connectivity index (χ2n) is 5.96. The van der Waals surface area contributed by atoms with Crippen molar-refractivity contribution in [3.05, 3.63) is 77.6 Å². The van der Waals surface area contributed by atoms with Crippen LogP contribution in [0.1, 0.15) is 27.2 Å². The fourth-order valence-electron chi connectivity index (χ4n) is 3.13. The van der Waals surface area contributed by atoms with Crippen LogP contribution < -0.4 is 10.2 Å². The van der Waals surface area contributed by atoms with Gasteiger partial charge in [0, 0.05) is 38.2 Å². The number of hydrogen-bond donors (Lipinski definition) is 1. The number of halogens is 2. The standard InChI is InChI=1S/C19H18N4O2.2ClH/c24-19(17-4-3-9-25-17)22-12-14-10-20-11-15-13-23(8-6-16(14)15)18-5-1-2-7-21-18;;/h1-5,7,9-11H,6,8,12-13H2,(H,22,24);2*1H. The Bertz CT molecular complexity index is 873. The molecule has 8 heteroatoms. The van der Waals surface area contributed by atoms with E-state index < -0.39 is 0 Å². The van der Waals surface area contributed by atoms with E-state index in [0.29, 0.717) is 12.3 Å². The molecule has 0 saturated carbocycles. The van der Waals surface area contributed by atoms with E-state index in [1.807, 2.05) is 36.8 Å². The number of rotatable bonds is 4. The van der Waals surface area contributed by atoms with Gasteiger partial charge in [-0.05, 0) is 47.4 Å². The number of carbonyl (C=O) groups is 1. The minimum atomic E-state index is -0.214. The summed E-state index contributed by atoms with van der Waals surface area (Å²) in [4.78, 5) is 23.1. The Balaban J connectivity index is 0.00000131. The molecular formula is C19H20Cl2N4O2. The summed E-state index contributed by atoms with van der Waals surface area (Å²) in [6.45, 7) is 2.12. The molecule has 1 aliphatic heterocycles. The van der Waals surface area contributed by atoms with E-state index in [2.05, 4.69) is 20.2 Å². The Kier molecular flexibility index (Phi) is 7.21. The summed E-state index contributed by atoms with van der Waals surface area (Å²) in [7, 11) is 0. The third-order valence-electron chi connectivity index (χ3n) is 4.39. The summed E-state index contributed by atoms with van der Waals surface area (Å²) in [6, 6.07) is 9.29. The molecule has 0 bridgehead atoms. The van der Waals surface area contributed by atoms with E-state index in [9.17, 15) is 4.79 Å². The fourth-order valence-corrected chi connectivity index (χ4v) is 3.13. The fraction of sp³-hybridized carbons (Fsp3) is 0.211. The van der Waals surface area contributed by atoms with Gasteiger partial charge in [0.2, 0.25) is 0 Å². The van der Waals surface area contributed by atoms with E-state index in [-0.39, 0.29) is 30.7 Å². The molecule has 0 aromatic carbocycles. The largest absolute Gasteiger partial charge is 0.459 e. The van der Waals surface area contributed by atoms with Crippen molar-refractivity contribution in [3.63, 3.8) is 0 Å². The van der Waals surface area contributed by atoms with Crippen LogP contribution in [0, 0.1) is 0 Å². The number of amides is 1. The summed E-state index contributed by atoms with van der Waals surface area (Å²) in [5.41, 5.74) is 3.50. The van der Waals surface area contributed by atoms with Crippen molar-refractivity contribution in [2.24, 2.45) is 0 Å². The van der Waals surface area contributed by atoms with E-state index in [1.54, 1.807) is 12.1 Å². The van der Waals surface area contributed by atoms with Crippen molar-refractivity contribution in [1.29, 1.82) is 0 Å². The van der Waals surface area contributed by atoms with Gasteiger partial charge < -0.3 is 14.6 Å². The van der Waals surface area contributed by atoms with E-state index in [1.165, 1.54) is 17.4 Å². The molecule has 0 spiro atoms. The predicted molar refractivity (Wildman–Crippen MR) is 108 cm³/mol. The minimum absolute atomic E-state index is 0. The van der Waals surface area contributed by atoms with Gasteiger partial charge in [-0.1, -0.05) is 6.07 Å². The molecule has 1 aliphatic rings. The number of pyridine rings is 2. The summed E-state index contributed by atoms with van der Waals surface area (Å²) in [5.74, 6) is 1.08. The molecule has 0 fully saturated rings. The molecule has 0 atom stereocenters. The van der Waals surface area contributed by atoms with Crippen LogP contribution in [-0.4, -0.2) is 22.4 Å². The van der Waals surface area contributed by atoms with Crippen molar-refractivity contribution in [1.82, 2.24) is 15.3 Å². The summed E-state index contributed by atoms with van der Waals surface area (Å²) in [5, 5.41) is 2.90. The molecule has 0 radical (unpaired) electrons. The first-order chi connectivity index (χ1) is 12.3. The normalized spacial score (nSPS) is 12.4. The molecule has 0 unspecified atom stereocenters. The zero-order valence-corrected chi connectivity index (χ0v) is 16.1. The molecule has 0 saturated heterocycles. The highest BCUT2D eigenvalue weighted by atomic mass is 35.5. The quantitative estimate of drug-likeness (QED) is 0.718. The number of anilines is 1. The molecule has 3 aromatic rings. The van der Waals surface area contributed by atoms with Gasteiger partial charge in [0.1, 0.15) is 5.82 Å². The number of hydrogen-bond acceptors (Lipinski definition) is 5. The molecule has 4 heterocycles. The Morgan fingerprint density at radius 2 is 2.07 bits per heavy atom. The molecule has 1 amide bonds. The van der Waals surface area contributed by atoms with Crippen LogP contribution in [0.25, 0.3) is 0 Å². The van der Waals surface area contributed by atoms with Crippen LogP contribution in [0.15, 0.2) is 59.6 Å². The van der Waals surface area contributed by atoms with Crippen molar-refractivity contribution in [2.75, 3.05) is 11.4 Å². The Morgan fingerprint density at radius 1 is 1.19 bits per heavy atom. The highest BCUT2D eigenvalue weighted by Gasteiger charge is 2.20. The lowest BCUT2D eigenvalue weighted by Gasteiger charge is -2.30. The lowest BCUT2D eigenvalue weighted by molar-refractivity contribution is 0.0923. The number of fused-ring (bicyclic) bond motifs is 1. The Labute approximate surface area is 169 Å². The monoisotopic (exact) mass is 406 g/mol. The van der Waals surface area contributed by atoms with Crippen molar-refractivity contribution < 1.29 is 9.21 Å². The second-order valence-corrected chi connectivity index (χ2v) is 5.96. The zero-order valence-electron chi connectivity index (χ0n) is 14.5. The molecule has 27 heavy (non-hydrogen) atoms. The van der Waals surface area contributed by atoms with Crippen LogP contribution in [0.4, 0.5) is 5.82 Å². The van der Waals surface area contributed by atoms with Gasteiger partial charge in [-0.3, -0.25) is 9.78 Å². The van der Waals surface area contributed by atoms with Gasteiger partial charge in [0.25, 0.3) is 5.91 Å². The predicted octanol–water partition coefficient (Wildman–Crippen LogP) is 3.41. The van der Waals surface area contributed by atoms with Gasteiger partial charge in [0.15, 0.2) is 5.76 Å². The maximum absolute atomic E-state index is 12.0. The number of nitrogens with one attached hydrogen (secondary N) is 1. The van der Waals surface area contributed by atoms with Gasteiger partial charge in [-0.15, -0.1) is 24.8 Å². The van der Waals surface area contributed by atoms with E-state index >= 15 is 0 Å². The summed E-state index contributed by atoms with van der Waals surface area (Å²) >= 11 is 0. The number of nitrogens with zero attached hydrogens (tertiary/aromatic N) is 3. The smallest absolute Gasteiger partial charge is 0.287 e. The number of carbonyl (C=O) groups excluding carboxylic acids is 1. The average Bonchev–Trinajstić information content (AvgIpc) is 3.21. The van der Waals surface area contributed by atoms with E-state index in [0.717, 1.165) is 30.9 Å². The number of furan rings is 1. The molecular weight excluding hydrogens is 387 g/mol. The van der Waals surface area contributed by atoms with Crippen LogP contribution >= 0.6 is 24.8 Å². The summed E-state index contributed by atoms with van der Waals surface area (Å²) < 4.78 is 5.12. The van der Waals surface area contributed by atoms with Gasteiger partial charge in [-0.25, -0.2) is 4.98 Å². The summed E-state index contributed by atoms with van der Waals surface area (Å²) in [6.07, 6.45) is 7.94. The van der Waals surface area contributed by atoms with Gasteiger partial charge in [-0.2, -0.15) is 0 Å². The van der Waals surface area contributed by atoms with Gasteiger partial charge in [0.05, 0.1) is 6.26 Å². The average molecular weight is 407 g/mol. The number of aromatic nitrogens is 2. The molecule has 0 aliphatic carbocycles. The van der Waals surface area contributed by atoms with E-state index in [4.69, 9.17) is 4.42 Å². The first-order valence-electron chi connectivity index (χ1n) is 8.23. The van der Waals surface area contributed by atoms with Crippen LogP contribution in [0.2, 0.25) is 0 Å². The first kappa shape index (κ1) is 20.7. The highest BCUT2D eigenvalue weighted by Crippen LogP contribution is 2.24. The third-order valence-corrected chi connectivity index (χ3v) is 4.39. The first-order valence-corrected chi connectivity index (χ1v) is 8.23. The minimum Gasteiger partial charge on any atom is -0.459 e. The molecule has 142 valence electrons. The van der Waals surface area contributed by atoms with Crippen LogP contribution in [0.5, 0.6) is 0 Å². The van der Waals surface area contributed by atoms with Gasteiger partial charge >= 0.3 is 0 Å². The Morgan fingerprint density at radius 3 is 2.81 bits per heavy atom. The lowest BCUT2D eigenvalue weighted by atomic mass is 9.97. The van der Waals surface area contributed by atoms with Crippen LogP contribution in [0.3, 0.4) is 0 Å². The van der Waals surface area contributed by atoms with Crippen molar-refractivity contribution >= 4 is 36.5 Å².